The molecular weight excluding hydrogens is 208 g/mol. The standard InChI is InChI=1S/C10H16N4O2/c11-2-6-16-9-1-3-12-10(13-9)14-4-7-15-8-5-14/h1,3H,2,4-8,11H2. The van der Waals surface area contributed by atoms with Crippen LogP contribution in [0.5, 0.6) is 5.88 Å². The van der Waals surface area contributed by atoms with Crippen LogP contribution in [0.25, 0.3) is 0 Å². The highest BCUT2D eigenvalue weighted by atomic mass is 16.5. The second-order valence-corrected chi connectivity index (χ2v) is 3.43. The zero-order valence-electron chi connectivity index (χ0n) is 9.13. The molecule has 2 heterocycles. The third-order valence-electron chi connectivity index (χ3n) is 2.28. The summed E-state index contributed by atoms with van der Waals surface area (Å²) in [5, 5.41) is 0. The molecule has 0 saturated carbocycles. The molecule has 0 aromatic carbocycles. The fourth-order valence-electron chi connectivity index (χ4n) is 1.49. The minimum Gasteiger partial charge on any atom is -0.476 e. The van der Waals surface area contributed by atoms with E-state index in [-0.39, 0.29) is 0 Å². The molecule has 0 bridgehead atoms. The van der Waals surface area contributed by atoms with E-state index in [1.54, 1.807) is 12.3 Å². The minimum absolute atomic E-state index is 0.472. The Morgan fingerprint density at radius 1 is 1.44 bits per heavy atom. The molecule has 1 aromatic rings. The molecule has 1 saturated heterocycles. The lowest BCUT2D eigenvalue weighted by Gasteiger charge is -2.26. The summed E-state index contributed by atoms with van der Waals surface area (Å²) in [5.74, 6) is 1.26. The van der Waals surface area contributed by atoms with Crippen LogP contribution in [0.15, 0.2) is 12.3 Å². The zero-order valence-corrected chi connectivity index (χ0v) is 9.13. The number of hydrogen-bond donors (Lipinski definition) is 1. The average molecular weight is 224 g/mol. The minimum atomic E-state index is 0.472. The van der Waals surface area contributed by atoms with Gasteiger partial charge in [-0.05, 0) is 0 Å². The summed E-state index contributed by atoms with van der Waals surface area (Å²) in [5.41, 5.74) is 5.36. The van der Waals surface area contributed by atoms with Gasteiger partial charge in [-0.25, -0.2) is 4.98 Å². The van der Waals surface area contributed by atoms with E-state index in [4.69, 9.17) is 15.2 Å². The first-order valence-corrected chi connectivity index (χ1v) is 5.39. The van der Waals surface area contributed by atoms with Gasteiger partial charge in [-0.2, -0.15) is 4.98 Å². The highest BCUT2D eigenvalue weighted by Gasteiger charge is 2.13. The maximum Gasteiger partial charge on any atom is 0.228 e. The Balaban J connectivity index is 2.02. The van der Waals surface area contributed by atoms with Gasteiger partial charge >= 0.3 is 0 Å². The number of aromatic nitrogens is 2. The molecular formula is C10H16N4O2. The van der Waals surface area contributed by atoms with Gasteiger partial charge in [0.1, 0.15) is 6.61 Å². The summed E-state index contributed by atoms with van der Waals surface area (Å²) < 4.78 is 10.6. The van der Waals surface area contributed by atoms with E-state index >= 15 is 0 Å². The monoisotopic (exact) mass is 224 g/mol. The summed E-state index contributed by atoms with van der Waals surface area (Å²) in [7, 11) is 0. The lowest BCUT2D eigenvalue weighted by atomic mass is 10.4. The molecule has 1 aromatic heterocycles. The van der Waals surface area contributed by atoms with Crippen LogP contribution in [0.4, 0.5) is 5.95 Å². The molecule has 1 aliphatic rings. The fraction of sp³-hybridized carbons (Fsp3) is 0.600. The van der Waals surface area contributed by atoms with Crippen molar-refractivity contribution in [2.24, 2.45) is 5.73 Å². The third-order valence-corrected chi connectivity index (χ3v) is 2.28. The number of anilines is 1. The van der Waals surface area contributed by atoms with Crippen LogP contribution in [0, 0.1) is 0 Å². The Labute approximate surface area is 94.4 Å². The van der Waals surface area contributed by atoms with Crippen molar-refractivity contribution >= 4 is 5.95 Å². The molecule has 0 spiro atoms. The van der Waals surface area contributed by atoms with Crippen LogP contribution in [0.3, 0.4) is 0 Å². The van der Waals surface area contributed by atoms with Crippen LogP contribution < -0.4 is 15.4 Å². The normalized spacial score (nSPS) is 16.2. The van der Waals surface area contributed by atoms with Gasteiger partial charge in [0, 0.05) is 31.9 Å². The first-order valence-electron chi connectivity index (χ1n) is 5.39. The fourth-order valence-corrected chi connectivity index (χ4v) is 1.49. The van der Waals surface area contributed by atoms with Crippen LogP contribution in [-0.2, 0) is 4.74 Å². The van der Waals surface area contributed by atoms with E-state index in [9.17, 15) is 0 Å². The molecule has 0 atom stereocenters. The molecule has 16 heavy (non-hydrogen) atoms. The van der Waals surface area contributed by atoms with Crippen molar-refractivity contribution in [1.29, 1.82) is 0 Å². The average Bonchev–Trinajstić information content (AvgIpc) is 2.38. The predicted molar refractivity (Wildman–Crippen MR) is 59.6 cm³/mol. The SMILES string of the molecule is NCCOc1ccnc(N2CCOCC2)n1. The number of rotatable bonds is 4. The number of morpholine rings is 1. The largest absolute Gasteiger partial charge is 0.476 e. The van der Waals surface area contributed by atoms with E-state index < -0.39 is 0 Å². The first-order chi connectivity index (χ1) is 7.90. The molecule has 0 radical (unpaired) electrons. The Morgan fingerprint density at radius 3 is 3.00 bits per heavy atom. The van der Waals surface area contributed by atoms with Gasteiger partial charge in [0.15, 0.2) is 0 Å². The van der Waals surface area contributed by atoms with Crippen molar-refractivity contribution in [1.82, 2.24) is 9.97 Å². The maximum absolute atomic E-state index is 5.36. The summed E-state index contributed by atoms with van der Waals surface area (Å²) in [4.78, 5) is 10.6. The molecule has 6 nitrogen and oxygen atoms in total. The summed E-state index contributed by atoms with van der Waals surface area (Å²) in [6.07, 6.45) is 1.70. The quantitative estimate of drug-likeness (QED) is 0.753. The lowest BCUT2D eigenvalue weighted by molar-refractivity contribution is 0.122. The first kappa shape index (κ1) is 11.1. The Hall–Kier alpha value is -1.40. The molecule has 0 aliphatic carbocycles. The van der Waals surface area contributed by atoms with Gasteiger partial charge in [0.25, 0.3) is 0 Å². The van der Waals surface area contributed by atoms with Crippen molar-refractivity contribution in [3.05, 3.63) is 12.3 Å². The van der Waals surface area contributed by atoms with Gasteiger partial charge in [-0.3, -0.25) is 0 Å². The van der Waals surface area contributed by atoms with Gasteiger partial charge in [-0.15, -0.1) is 0 Å². The number of nitrogens with two attached hydrogens (primary N) is 1. The van der Waals surface area contributed by atoms with E-state index in [2.05, 4.69) is 14.9 Å². The Morgan fingerprint density at radius 2 is 2.25 bits per heavy atom. The molecule has 1 aliphatic heterocycles. The number of hydrogen-bond acceptors (Lipinski definition) is 6. The topological polar surface area (TPSA) is 73.5 Å². The van der Waals surface area contributed by atoms with E-state index in [0.717, 1.165) is 26.3 Å². The second kappa shape index (κ2) is 5.62. The van der Waals surface area contributed by atoms with Crippen LogP contribution >= 0.6 is 0 Å². The summed E-state index contributed by atoms with van der Waals surface area (Å²) in [6.45, 7) is 4.03. The summed E-state index contributed by atoms with van der Waals surface area (Å²) in [6, 6.07) is 1.74. The molecule has 2 N–H and O–H groups in total. The highest BCUT2D eigenvalue weighted by molar-refractivity contribution is 5.32. The molecule has 2 rings (SSSR count). The predicted octanol–water partition coefficient (Wildman–Crippen LogP) is -0.349. The third kappa shape index (κ3) is 2.80. The number of nitrogens with zero attached hydrogens (tertiary/aromatic N) is 3. The van der Waals surface area contributed by atoms with E-state index in [1.165, 1.54) is 0 Å². The van der Waals surface area contributed by atoms with E-state index in [0.29, 0.717) is 25.0 Å². The van der Waals surface area contributed by atoms with E-state index in [1.807, 2.05) is 0 Å². The Kier molecular flexibility index (Phi) is 3.90. The molecule has 88 valence electrons. The molecule has 0 unspecified atom stereocenters. The zero-order chi connectivity index (χ0) is 11.2. The Bertz CT molecular complexity index is 328. The highest BCUT2D eigenvalue weighted by Crippen LogP contribution is 2.13. The van der Waals surface area contributed by atoms with Crippen molar-refractivity contribution in [2.45, 2.75) is 0 Å². The second-order valence-electron chi connectivity index (χ2n) is 3.43. The van der Waals surface area contributed by atoms with Gasteiger partial charge < -0.3 is 20.1 Å². The smallest absolute Gasteiger partial charge is 0.228 e. The van der Waals surface area contributed by atoms with Crippen molar-refractivity contribution < 1.29 is 9.47 Å². The molecule has 1 fully saturated rings. The van der Waals surface area contributed by atoms with Gasteiger partial charge in [0.05, 0.1) is 13.2 Å². The van der Waals surface area contributed by atoms with Gasteiger partial charge in [-0.1, -0.05) is 0 Å². The number of ether oxygens (including phenoxy) is 2. The molecule has 0 amide bonds. The van der Waals surface area contributed by atoms with Crippen molar-refractivity contribution in [3.8, 4) is 5.88 Å². The summed E-state index contributed by atoms with van der Waals surface area (Å²) >= 11 is 0. The van der Waals surface area contributed by atoms with Crippen molar-refractivity contribution in [2.75, 3.05) is 44.4 Å². The van der Waals surface area contributed by atoms with Crippen molar-refractivity contribution in [3.63, 3.8) is 0 Å². The van der Waals surface area contributed by atoms with Gasteiger partial charge in [0.2, 0.25) is 11.8 Å². The maximum atomic E-state index is 5.36. The van der Waals surface area contributed by atoms with Crippen LogP contribution in [0.2, 0.25) is 0 Å². The lowest BCUT2D eigenvalue weighted by Crippen LogP contribution is -2.37. The molecule has 6 heteroatoms. The van der Waals surface area contributed by atoms with Crippen LogP contribution in [-0.4, -0.2) is 49.4 Å². The van der Waals surface area contributed by atoms with Crippen LogP contribution in [0.1, 0.15) is 0 Å².